The Morgan fingerprint density at radius 3 is 2.57 bits per heavy atom. The van der Waals surface area contributed by atoms with Crippen LogP contribution in [0.2, 0.25) is 0 Å². The van der Waals surface area contributed by atoms with E-state index in [1.54, 1.807) is 0 Å². The van der Waals surface area contributed by atoms with Crippen LogP contribution in [0.5, 0.6) is 0 Å². The van der Waals surface area contributed by atoms with Crippen molar-refractivity contribution in [2.24, 2.45) is 11.1 Å². The van der Waals surface area contributed by atoms with Crippen LogP contribution < -0.4 is 5.73 Å². The van der Waals surface area contributed by atoms with E-state index >= 15 is 0 Å². The summed E-state index contributed by atoms with van der Waals surface area (Å²) in [5.74, 6) is 1.66. The Morgan fingerprint density at radius 1 is 1.43 bits per heavy atom. The Bertz CT molecular complexity index is 285. The second-order valence-corrected chi connectivity index (χ2v) is 4.73. The number of nitrogens with two attached hydrogens (primary N) is 1. The third-order valence-corrected chi connectivity index (χ3v) is 2.25. The molecule has 80 valence electrons. The predicted molar refractivity (Wildman–Crippen MR) is 56.8 cm³/mol. The fraction of sp³-hybridized carbons (Fsp3) is 0.800. The lowest BCUT2D eigenvalue weighted by atomic mass is 9.87. The van der Waals surface area contributed by atoms with Crippen molar-refractivity contribution in [3.8, 4) is 0 Å². The van der Waals surface area contributed by atoms with E-state index < -0.39 is 0 Å². The summed E-state index contributed by atoms with van der Waals surface area (Å²) in [6.07, 6.45) is 2.00. The Kier molecular flexibility index (Phi) is 3.26. The molecule has 1 atom stereocenters. The molecule has 0 spiro atoms. The van der Waals surface area contributed by atoms with Crippen LogP contribution >= 0.6 is 0 Å². The highest BCUT2D eigenvalue weighted by atomic mass is 15.2. The first-order chi connectivity index (χ1) is 6.45. The number of hydrogen-bond donors (Lipinski definition) is 2. The molecule has 3 N–H and O–H groups in total. The number of rotatable bonds is 3. The molecule has 0 aliphatic heterocycles. The zero-order chi connectivity index (χ0) is 10.8. The maximum absolute atomic E-state index is 6.04. The van der Waals surface area contributed by atoms with E-state index in [9.17, 15) is 0 Å². The van der Waals surface area contributed by atoms with Crippen molar-refractivity contribution >= 4 is 0 Å². The van der Waals surface area contributed by atoms with Gasteiger partial charge < -0.3 is 5.73 Å². The van der Waals surface area contributed by atoms with Gasteiger partial charge in [0.05, 0.1) is 6.04 Å². The van der Waals surface area contributed by atoms with Crippen LogP contribution in [0.1, 0.15) is 51.8 Å². The van der Waals surface area contributed by atoms with Crippen molar-refractivity contribution in [1.29, 1.82) is 0 Å². The molecule has 0 aliphatic carbocycles. The average Bonchev–Trinajstić information content (AvgIpc) is 2.50. The highest BCUT2D eigenvalue weighted by molar-refractivity contribution is 4.99. The quantitative estimate of drug-likeness (QED) is 0.774. The molecule has 0 aliphatic rings. The maximum atomic E-state index is 6.04. The highest BCUT2D eigenvalue weighted by Crippen LogP contribution is 2.27. The van der Waals surface area contributed by atoms with Crippen molar-refractivity contribution in [2.45, 2.75) is 46.6 Å². The molecule has 4 heteroatoms. The minimum absolute atomic E-state index is 0.00563. The van der Waals surface area contributed by atoms with Gasteiger partial charge in [0.2, 0.25) is 0 Å². The van der Waals surface area contributed by atoms with Crippen LogP contribution in [0.4, 0.5) is 0 Å². The van der Waals surface area contributed by atoms with E-state index in [4.69, 9.17) is 5.73 Å². The molecule has 0 radical (unpaired) electrons. The summed E-state index contributed by atoms with van der Waals surface area (Å²) in [6.45, 7) is 8.39. The van der Waals surface area contributed by atoms with Gasteiger partial charge >= 0.3 is 0 Å². The molecular weight excluding hydrogens is 176 g/mol. The average molecular weight is 196 g/mol. The Labute approximate surface area is 85.3 Å². The zero-order valence-electron chi connectivity index (χ0n) is 9.46. The van der Waals surface area contributed by atoms with Gasteiger partial charge in [0.15, 0.2) is 5.82 Å². The van der Waals surface area contributed by atoms with Crippen molar-refractivity contribution < 1.29 is 0 Å². The molecular formula is C10H20N4. The number of aromatic amines is 1. The lowest BCUT2D eigenvalue weighted by molar-refractivity contribution is 0.316. The molecule has 0 fully saturated rings. The molecule has 1 aromatic rings. The van der Waals surface area contributed by atoms with Crippen LogP contribution in [0.3, 0.4) is 0 Å². The van der Waals surface area contributed by atoms with Gasteiger partial charge in [-0.1, -0.05) is 27.7 Å². The number of aromatic nitrogens is 3. The van der Waals surface area contributed by atoms with E-state index in [1.807, 2.05) is 0 Å². The Balaban J connectivity index is 2.76. The largest absolute Gasteiger partial charge is 0.321 e. The van der Waals surface area contributed by atoms with Crippen LogP contribution in [0.25, 0.3) is 0 Å². The predicted octanol–water partition coefficient (Wildman–Crippen LogP) is 1.80. The lowest BCUT2D eigenvalue weighted by Crippen LogP contribution is -2.27. The minimum Gasteiger partial charge on any atom is -0.321 e. The van der Waals surface area contributed by atoms with Crippen LogP contribution in [-0.2, 0) is 6.42 Å². The van der Waals surface area contributed by atoms with Gasteiger partial charge in [-0.2, -0.15) is 5.10 Å². The first kappa shape index (κ1) is 11.2. The number of H-pyrrole nitrogens is 1. The molecule has 0 saturated carbocycles. The van der Waals surface area contributed by atoms with E-state index in [1.165, 1.54) is 0 Å². The monoisotopic (exact) mass is 196 g/mol. The van der Waals surface area contributed by atoms with Gasteiger partial charge in [-0.15, -0.1) is 0 Å². The fourth-order valence-corrected chi connectivity index (χ4v) is 1.19. The second kappa shape index (κ2) is 4.09. The van der Waals surface area contributed by atoms with Gasteiger partial charge in [-0.25, -0.2) is 4.98 Å². The van der Waals surface area contributed by atoms with Gasteiger partial charge in [0.1, 0.15) is 5.82 Å². The number of nitrogens with zero attached hydrogens (tertiary/aromatic N) is 2. The van der Waals surface area contributed by atoms with Gasteiger partial charge in [0, 0.05) is 6.42 Å². The first-order valence-corrected chi connectivity index (χ1v) is 5.12. The third kappa shape index (κ3) is 2.54. The van der Waals surface area contributed by atoms with Gasteiger partial charge in [-0.3, -0.25) is 5.10 Å². The zero-order valence-corrected chi connectivity index (χ0v) is 9.46. The summed E-state index contributed by atoms with van der Waals surface area (Å²) in [5, 5.41) is 7.06. The van der Waals surface area contributed by atoms with Crippen LogP contribution in [0, 0.1) is 5.41 Å². The Hall–Kier alpha value is -0.900. The summed E-state index contributed by atoms with van der Waals surface area (Å²) in [5.41, 5.74) is 6.04. The fourth-order valence-electron chi connectivity index (χ4n) is 1.19. The van der Waals surface area contributed by atoms with E-state index in [-0.39, 0.29) is 11.5 Å². The molecule has 0 bridgehead atoms. The molecule has 1 heterocycles. The van der Waals surface area contributed by atoms with E-state index in [2.05, 4.69) is 42.9 Å². The van der Waals surface area contributed by atoms with Gasteiger partial charge in [0.25, 0.3) is 0 Å². The molecule has 0 amide bonds. The molecule has 4 nitrogen and oxygen atoms in total. The van der Waals surface area contributed by atoms with Gasteiger partial charge in [-0.05, 0) is 11.8 Å². The number of aryl methyl sites for hydroxylation is 1. The highest BCUT2D eigenvalue weighted by Gasteiger charge is 2.25. The van der Waals surface area contributed by atoms with Crippen LogP contribution in [0.15, 0.2) is 0 Å². The molecule has 1 aromatic heterocycles. The van der Waals surface area contributed by atoms with Crippen molar-refractivity contribution in [1.82, 2.24) is 15.2 Å². The smallest absolute Gasteiger partial charge is 0.167 e. The third-order valence-electron chi connectivity index (χ3n) is 2.25. The molecule has 0 saturated heterocycles. The summed E-state index contributed by atoms with van der Waals surface area (Å²) in [6, 6.07) is -0.107. The molecule has 1 rings (SSSR count). The first-order valence-electron chi connectivity index (χ1n) is 5.12. The van der Waals surface area contributed by atoms with Crippen molar-refractivity contribution in [2.75, 3.05) is 0 Å². The summed E-state index contributed by atoms with van der Waals surface area (Å²) in [4.78, 5) is 4.37. The standard InChI is InChI=1S/C10H20N4/c1-5-6-7-12-9(14-13-7)8(11)10(2,3)4/h8H,5-6,11H2,1-4H3,(H,12,13,14)/t8-/m0/s1. The number of nitrogens with one attached hydrogen (secondary N) is 1. The topological polar surface area (TPSA) is 67.6 Å². The summed E-state index contributed by atoms with van der Waals surface area (Å²) < 4.78 is 0. The van der Waals surface area contributed by atoms with E-state index in [0.29, 0.717) is 0 Å². The second-order valence-electron chi connectivity index (χ2n) is 4.73. The van der Waals surface area contributed by atoms with Crippen LogP contribution in [-0.4, -0.2) is 15.2 Å². The van der Waals surface area contributed by atoms with Crippen molar-refractivity contribution in [3.63, 3.8) is 0 Å². The molecule has 14 heavy (non-hydrogen) atoms. The minimum atomic E-state index is -0.107. The molecule has 0 aromatic carbocycles. The molecule has 0 unspecified atom stereocenters. The van der Waals surface area contributed by atoms with Crippen molar-refractivity contribution in [3.05, 3.63) is 11.6 Å². The Morgan fingerprint density at radius 2 is 2.07 bits per heavy atom. The SMILES string of the molecule is CCCc1nc([C@H](N)C(C)(C)C)n[nH]1. The lowest BCUT2D eigenvalue weighted by Gasteiger charge is -2.24. The number of hydrogen-bond acceptors (Lipinski definition) is 3. The summed E-state index contributed by atoms with van der Waals surface area (Å²) >= 11 is 0. The normalized spacial score (nSPS) is 14.4. The van der Waals surface area contributed by atoms with E-state index in [0.717, 1.165) is 24.5 Å². The maximum Gasteiger partial charge on any atom is 0.167 e. The summed E-state index contributed by atoms with van der Waals surface area (Å²) in [7, 11) is 0.